The minimum atomic E-state index is -3.50. The molecule has 0 bridgehead atoms. The zero-order valence-corrected chi connectivity index (χ0v) is 14.9. The standard InChI is InChI=1S/C16H21NO4S2/c1-13-12-15(5-6-16(13)21-10-9-20-2)23(18,19)17-8-7-14-4-3-11-22-14/h3-6,11-12,17H,7-10H2,1-2H3. The Morgan fingerprint density at radius 3 is 2.70 bits per heavy atom. The monoisotopic (exact) mass is 355 g/mol. The molecule has 1 aromatic carbocycles. The van der Waals surface area contributed by atoms with Crippen LogP contribution in [0.2, 0.25) is 0 Å². The van der Waals surface area contributed by atoms with Gasteiger partial charge < -0.3 is 9.47 Å². The van der Waals surface area contributed by atoms with Crippen LogP contribution in [0.3, 0.4) is 0 Å². The van der Waals surface area contributed by atoms with E-state index < -0.39 is 10.0 Å². The molecule has 0 spiro atoms. The Balaban J connectivity index is 1.97. The van der Waals surface area contributed by atoms with Crippen molar-refractivity contribution in [2.75, 3.05) is 26.9 Å². The third kappa shape index (κ3) is 5.31. The molecule has 0 aliphatic rings. The van der Waals surface area contributed by atoms with E-state index in [-0.39, 0.29) is 4.90 Å². The van der Waals surface area contributed by atoms with E-state index in [1.165, 1.54) is 0 Å². The number of nitrogens with one attached hydrogen (secondary N) is 1. The highest BCUT2D eigenvalue weighted by molar-refractivity contribution is 7.89. The van der Waals surface area contributed by atoms with Crippen molar-refractivity contribution in [3.8, 4) is 5.75 Å². The van der Waals surface area contributed by atoms with Gasteiger partial charge >= 0.3 is 0 Å². The Kier molecular flexibility index (Phi) is 6.59. The Bertz CT molecular complexity index is 712. The first-order chi connectivity index (χ1) is 11.0. The van der Waals surface area contributed by atoms with Gasteiger partial charge in [-0.15, -0.1) is 11.3 Å². The molecule has 0 radical (unpaired) electrons. The van der Waals surface area contributed by atoms with Crippen LogP contribution in [-0.2, 0) is 21.2 Å². The summed E-state index contributed by atoms with van der Waals surface area (Å²) in [7, 11) is -1.90. The first kappa shape index (κ1) is 17.9. The maximum atomic E-state index is 12.3. The smallest absolute Gasteiger partial charge is 0.240 e. The normalized spacial score (nSPS) is 11.6. The highest BCUT2D eigenvalue weighted by Gasteiger charge is 2.15. The Labute approximate surface area is 141 Å². The molecular weight excluding hydrogens is 334 g/mol. The van der Waals surface area contributed by atoms with Gasteiger partial charge in [0.15, 0.2) is 0 Å². The molecule has 1 heterocycles. The minimum Gasteiger partial charge on any atom is -0.491 e. The topological polar surface area (TPSA) is 64.6 Å². The van der Waals surface area contributed by atoms with Crippen LogP contribution in [0.1, 0.15) is 10.4 Å². The van der Waals surface area contributed by atoms with Gasteiger partial charge in [-0.3, -0.25) is 0 Å². The van der Waals surface area contributed by atoms with Crippen LogP contribution in [0, 0.1) is 6.92 Å². The van der Waals surface area contributed by atoms with Crippen molar-refractivity contribution >= 4 is 21.4 Å². The second-order valence-electron chi connectivity index (χ2n) is 5.00. The molecule has 23 heavy (non-hydrogen) atoms. The molecule has 7 heteroatoms. The number of ether oxygens (including phenoxy) is 2. The van der Waals surface area contributed by atoms with Gasteiger partial charge in [0.25, 0.3) is 0 Å². The van der Waals surface area contributed by atoms with Crippen molar-refractivity contribution in [1.29, 1.82) is 0 Å². The van der Waals surface area contributed by atoms with E-state index >= 15 is 0 Å². The number of hydrogen-bond acceptors (Lipinski definition) is 5. The maximum absolute atomic E-state index is 12.3. The van der Waals surface area contributed by atoms with E-state index in [2.05, 4.69) is 4.72 Å². The SMILES string of the molecule is COCCOc1ccc(S(=O)(=O)NCCc2cccs2)cc1C. The summed E-state index contributed by atoms with van der Waals surface area (Å²) in [5, 5.41) is 1.98. The minimum absolute atomic E-state index is 0.250. The Morgan fingerprint density at radius 1 is 1.22 bits per heavy atom. The number of thiophene rings is 1. The van der Waals surface area contributed by atoms with Crippen molar-refractivity contribution in [1.82, 2.24) is 4.72 Å². The van der Waals surface area contributed by atoms with Gasteiger partial charge in [0.1, 0.15) is 12.4 Å². The molecule has 0 saturated heterocycles. The van der Waals surface area contributed by atoms with Crippen LogP contribution in [0.5, 0.6) is 5.75 Å². The molecule has 2 aromatic rings. The molecule has 0 aliphatic heterocycles. The van der Waals surface area contributed by atoms with Gasteiger partial charge in [0.2, 0.25) is 10.0 Å². The van der Waals surface area contributed by atoms with Gasteiger partial charge in [0.05, 0.1) is 11.5 Å². The predicted octanol–water partition coefficient (Wildman–Crippen LogP) is 2.60. The molecule has 0 aliphatic carbocycles. The molecule has 0 saturated carbocycles. The number of aryl methyl sites for hydroxylation is 1. The molecule has 0 atom stereocenters. The van der Waals surface area contributed by atoms with Crippen LogP contribution in [0.25, 0.3) is 0 Å². The molecule has 0 fully saturated rings. The summed E-state index contributed by atoms with van der Waals surface area (Å²) in [5.41, 5.74) is 0.780. The fourth-order valence-corrected chi connectivity index (χ4v) is 3.86. The first-order valence-electron chi connectivity index (χ1n) is 7.27. The molecule has 0 amide bonds. The summed E-state index contributed by atoms with van der Waals surface area (Å²) in [5.74, 6) is 0.666. The van der Waals surface area contributed by atoms with E-state index in [9.17, 15) is 8.42 Å². The number of hydrogen-bond donors (Lipinski definition) is 1. The van der Waals surface area contributed by atoms with Gasteiger partial charge in [-0.2, -0.15) is 0 Å². The molecule has 1 aromatic heterocycles. The lowest BCUT2D eigenvalue weighted by atomic mass is 10.2. The van der Waals surface area contributed by atoms with Crippen molar-refractivity contribution in [3.05, 3.63) is 46.2 Å². The van der Waals surface area contributed by atoms with Crippen LogP contribution >= 0.6 is 11.3 Å². The lowest BCUT2D eigenvalue weighted by Gasteiger charge is -2.11. The molecule has 1 N–H and O–H groups in total. The summed E-state index contributed by atoms with van der Waals surface area (Å²) in [6, 6.07) is 8.81. The number of rotatable bonds is 9. The van der Waals surface area contributed by atoms with Crippen molar-refractivity contribution < 1.29 is 17.9 Å². The lowest BCUT2D eigenvalue weighted by molar-refractivity contribution is 0.146. The number of sulfonamides is 1. The number of benzene rings is 1. The third-order valence-corrected chi connectivity index (χ3v) is 5.64. The second-order valence-corrected chi connectivity index (χ2v) is 7.79. The summed E-state index contributed by atoms with van der Waals surface area (Å²) in [4.78, 5) is 1.41. The molecule has 2 rings (SSSR count). The van der Waals surface area contributed by atoms with Gasteiger partial charge in [0, 0.05) is 18.5 Å². The Morgan fingerprint density at radius 2 is 2.04 bits per heavy atom. The third-order valence-electron chi connectivity index (χ3n) is 3.25. The summed E-state index contributed by atoms with van der Waals surface area (Å²) in [6.07, 6.45) is 0.689. The van der Waals surface area contributed by atoms with Crippen LogP contribution in [0.15, 0.2) is 40.6 Å². The van der Waals surface area contributed by atoms with E-state index in [0.717, 1.165) is 10.4 Å². The average molecular weight is 355 g/mol. The maximum Gasteiger partial charge on any atom is 0.240 e. The summed E-state index contributed by atoms with van der Waals surface area (Å²) in [6.45, 7) is 3.13. The van der Waals surface area contributed by atoms with Crippen LogP contribution in [0.4, 0.5) is 0 Å². The molecular formula is C16H21NO4S2. The summed E-state index contributed by atoms with van der Waals surface area (Å²) < 4.78 is 37.7. The van der Waals surface area contributed by atoms with Gasteiger partial charge in [-0.25, -0.2) is 13.1 Å². The van der Waals surface area contributed by atoms with E-state index in [1.54, 1.807) is 36.6 Å². The van der Waals surface area contributed by atoms with E-state index in [1.807, 2.05) is 24.4 Å². The second kappa shape index (κ2) is 8.44. The Hall–Kier alpha value is -1.41. The van der Waals surface area contributed by atoms with Gasteiger partial charge in [-0.1, -0.05) is 6.07 Å². The average Bonchev–Trinajstić information content (AvgIpc) is 3.02. The van der Waals surface area contributed by atoms with Crippen molar-refractivity contribution in [2.45, 2.75) is 18.2 Å². The highest BCUT2D eigenvalue weighted by atomic mass is 32.2. The molecule has 126 valence electrons. The van der Waals surface area contributed by atoms with Gasteiger partial charge in [-0.05, 0) is 48.6 Å². The zero-order valence-electron chi connectivity index (χ0n) is 13.2. The zero-order chi connectivity index (χ0) is 16.7. The fourth-order valence-electron chi connectivity index (χ4n) is 2.03. The summed E-state index contributed by atoms with van der Waals surface area (Å²) >= 11 is 1.62. The first-order valence-corrected chi connectivity index (χ1v) is 9.63. The van der Waals surface area contributed by atoms with Crippen LogP contribution in [-0.4, -0.2) is 35.3 Å². The lowest BCUT2D eigenvalue weighted by Crippen LogP contribution is -2.25. The van der Waals surface area contributed by atoms with E-state index in [0.29, 0.717) is 31.9 Å². The number of methoxy groups -OCH3 is 1. The van der Waals surface area contributed by atoms with E-state index in [4.69, 9.17) is 9.47 Å². The highest BCUT2D eigenvalue weighted by Crippen LogP contribution is 2.21. The predicted molar refractivity (Wildman–Crippen MR) is 91.8 cm³/mol. The van der Waals surface area contributed by atoms with Crippen molar-refractivity contribution in [2.24, 2.45) is 0 Å². The largest absolute Gasteiger partial charge is 0.491 e. The fraction of sp³-hybridized carbons (Fsp3) is 0.375. The van der Waals surface area contributed by atoms with Crippen LogP contribution < -0.4 is 9.46 Å². The van der Waals surface area contributed by atoms with Crippen molar-refractivity contribution in [3.63, 3.8) is 0 Å². The molecule has 5 nitrogen and oxygen atoms in total. The molecule has 0 unspecified atom stereocenters. The quantitative estimate of drug-likeness (QED) is 0.702.